The van der Waals surface area contributed by atoms with Gasteiger partial charge in [-0.25, -0.2) is 0 Å². The van der Waals surface area contributed by atoms with E-state index in [0.717, 1.165) is 31.7 Å². The minimum atomic E-state index is -4.34. The van der Waals surface area contributed by atoms with E-state index in [4.69, 9.17) is 0 Å². The Bertz CT molecular complexity index is 455. The number of rotatable bonds is 7. The van der Waals surface area contributed by atoms with Crippen molar-refractivity contribution in [3.8, 4) is 0 Å². The molecule has 1 rings (SSSR count). The van der Waals surface area contributed by atoms with Gasteiger partial charge in [-0.15, -0.1) is 0 Å². The first kappa shape index (κ1) is 18.3. The first-order valence-electron chi connectivity index (χ1n) is 7.26. The molecular formula is C16H23BrF3N. The van der Waals surface area contributed by atoms with E-state index in [0.29, 0.717) is 11.0 Å². The Labute approximate surface area is 133 Å². The van der Waals surface area contributed by atoms with Crippen LogP contribution < -0.4 is 5.32 Å². The first-order chi connectivity index (χ1) is 9.65. The molecule has 1 N–H and O–H groups in total. The van der Waals surface area contributed by atoms with Gasteiger partial charge in [0.25, 0.3) is 0 Å². The Morgan fingerprint density at radius 2 is 1.81 bits per heavy atom. The number of halogens is 4. The molecule has 0 atom stereocenters. The average molecular weight is 366 g/mol. The maximum Gasteiger partial charge on any atom is 0.418 e. The molecule has 0 aliphatic rings. The lowest BCUT2D eigenvalue weighted by Crippen LogP contribution is -2.24. The second-order valence-electron chi connectivity index (χ2n) is 6.16. The van der Waals surface area contributed by atoms with E-state index in [1.807, 2.05) is 0 Å². The van der Waals surface area contributed by atoms with E-state index < -0.39 is 11.7 Å². The summed E-state index contributed by atoms with van der Waals surface area (Å²) in [5.41, 5.74) is -0.504. The van der Waals surface area contributed by atoms with Crippen LogP contribution in [0.5, 0.6) is 0 Å². The largest absolute Gasteiger partial charge is 0.418 e. The molecule has 0 aromatic heterocycles. The molecule has 0 unspecified atom stereocenters. The summed E-state index contributed by atoms with van der Waals surface area (Å²) < 4.78 is 39.6. The molecule has 0 aliphatic heterocycles. The van der Waals surface area contributed by atoms with Crippen molar-refractivity contribution in [1.29, 1.82) is 0 Å². The molecule has 1 aromatic carbocycles. The number of anilines is 1. The van der Waals surface area contributed by atoms with E-state index >= 15 is 0 Å². The fourth-order valence-electron chi connectivity index (χ4n) is 2.19. The summed E-state index contributed by atoms with van der Waals surface area (Å²) in [7, 11) is 0. The maximum absolute atomic E-state index is 13.0. The van der Waals surface area contributed by atoms with Gasteiger partial charge in [0.15, 0.2) is 0 Å². The van der Waals surface area contributed by atoms with Gasteiger partial charge in [-0.2, -0.15) is 13.2 Å². The number of benzene rings is 1. The highest BCUT2D eigenvalue weighted by Gasteiger charge is 2.33. The molecule has 0 radical (unpaired) electrons. The smallest absolute Gasteiger partial charge is 0.384 e. The predicted octanol–water partition coefficient (Wildman–Crippen LogP) is 6.49. The Morgan fingerprint density at radius 3 is 2.38 bits per heavy atom. The molecule has 0 aliphatic carbocycles. The third kappa shape index (κ3) is 6.29. The van der Waals surface area contributed by atoms with Crippen LogP contribution in [0.4, 0.5) is 18.9 Å². The molecule has 0 saturated heterocycles. The number of unbranched alkanes of at least 4 members (excludes halogenated alkanes) is 2. The van der Waals surface area contributed by atoms with E-state index in [1.165, 1.54) is 12.1 Å². The molecule has 120 valence electrons. The molecule has 0 spiro atoms. The summed E-state index contributed by atoms with van der Waals surface area (Å²) in [5, 5.41) is 2.98. The minimum absolute atomic E-state index is 0.0274. The van der Waals surface area contributed by atoms with Gasteiger partial charge in [-0.3, -0.25) is 0 Å². The fourth-order valence-corrected chi connectivity index (χ4v) is 2.55. The molecule has 1 aromatic rings. The highest BCUT2D eigenvalue weighted by atomic mass is 79.9. The monoisotopic (exact) mass is 365 g/mol. The van der Waals surface area contributed by atoms with Crippen molar-refractivity contribution in [1.82, 2.24) is 0 Å². The summed E-state index contributed by atoms with van der Waals surface area (Å²) in [5.74, 6) is 0. The van der Waals surface area contributed by atoms with Crippen LogP contribution in [-0.4, -0.2) is 6.54 Å². The molecule has 21 heavy (non-hydrogen) atoms. The lowest BCUT2D eigenvalue weighted by molar-refractivity contribution is -0.137. The summed E-state index contributed by atoms with van der Waals surface area (Å²) >= 11 is 3.23. The van der Waals surface area contributed by atoms with Crippen LogP contribution in [0.1, 0.15) is 52.0 Å². The standard InChI is InChI=1S/C16H23BrF3N/c1-4-5-6-9-15(2,3)11-21-14-10-12(17)7-8-13(14)16(18,19)20/h7-8,10,21H,4-6,9,11H2,1-3H3. The van der Waals surface area contributed by atoms with Gasteiger partial charge in [0.2, 0.25) is 0 Å². The topological polar surface area (TPSA) is 12.0 Å². The predicted molar refractivity (Wildman–Crippen MR) is 85.6 cm³/mol. The summed E-state index contributed by atoms with van der Waals surface area (Å²) in [6.07, 6.45) is 0.0792. The quantitative estimate of drug-likeness (QED) is 0.544. The van der Waals surface area contributed by atoms with Crippen LogP contribution in [0, 0.1) is 5.41 Å². The van der Waals surface area contributed by atoms with E-state index in [9.17, 15) is 13.2 Å². The van der Waals surface area contributed by atoms with Crippen LogP contribution >= 0.6 is 15.9 Å². The Hall–Kier alpha value is -0.710. The van der Waals surface area contributed by atoms with E-state index in [2.05, 4.69) is 42.0 Å². The van der Waals surface area contributed by atoms with Crippen molar-refractivity contribution in [3.63, 3.8) is 0 Å². The van der Waals surface area contributed by atoms with Crippen molar-refractivity contribution in [2.75, 3.05) is 11.9 Å². The zero-order valence-electron chi connectivity index (χ0n) is 12.8. The van der Waals surface area contributed by atoms with E-state index in [-0.39, 0.29) is 11.1 Å². The van der Waals surface area contributed by atoms with Crippen molar-refractivity contribution in [3.05, 3.63) is 28.2 Å². The second kappa shape index (κ2) is 7.52. The van der Waals surface area contributed by atoms with Crippen molar-refractivity contribution >= 4 is 21.6 Å². The second-order valence-corrected chi connectivity index (χ2v) is 7.08. The SMILES string of the molecule is CCCCCC(C)(C)CNc1cc(Br)ccc1C(F)(F)F. The molecule has 0 heterocycles. The van der Waals surface area contributed by atoms with Gasteiger partial charge in [0.1, 0.15) is 0 Å². The van der Waals surface area contributed by atoms with Gasteiger partial charge in [-0.05, 0) is 30.0 Å². The Morgan fingerprint density at radius 1 is 1.14 bits per heavy atom. The van der Waals surface area contributed by atoms with Gasteiger partial charge in [0.05, 0.1) is 5.56 Å². The van der Waals surface area contributed by atoms with E-state index in [1.54, 1.807) is 0 Å². The molecule has 0 bridgehead atoms. The third-order valence-electron chi connectivity index (χ3n) is 3.50. The molecular weight excluding hydrogens is 343 g/mol. The summed E-state index contributed by atoms with van der Waals surface area (Å²) in [6.45, 7) is 6.83. The lowest BCUT2D eigenvalue weighted by atomic mass is 9.86. The van der Waals surface area contributed by atoms with Gasteiger partial charge in [0, 0.05) is 16.7 Å². The van der Waals surface area contributed by atoms with Crippen molar-refractivity contribution < 1.29 is 13.2 Å². The van der Waals surface area contributed by atoms with Crippen LogP contribution in [0.15, 0.2) is 22.7 Å². The van der Waals surface area contributed by atoms with Gasteiger partial charge >= 0.3 is 6.18 Å². The van der Waals surface area contributed by atoms with Crippen LogP contribution in [0.3, 0.4) is 0 Å². The normalized spacial score (nSPS) is 12.5. The fraction of sp³-hybridized carbons (Fsp3) is 0.625. The van der Waals surface area contributed by atoms with Crippen molar-refractivity contribution in [2.24, 2.45) is 5.41 Å². The lowest BCUT2D eigenvalue weighted by Gasteiger charge is -2.26. The first-order valence-corrected chi connectivity index (χ1v) is 8.05. The number of alkyl halides is 3. The molecule has 0 fully saturated rings. The molecule has 0 saturated carbocycles. The zero-order chi connectivity index (χ0) is 16.1. The number of hydrogen-bond donors (Lipinski definition) is 1. The molecule has 0 amide bonds. The van der Waals surface area contributed by atoms with Gasteiger partial charge in [-0.1, -0.05) is 56.0 Å². The Kier molecular flexibility index (Phi) is 6.57. The highest BCUT2D eigenvalue weighted by Crippen LogP contribution is 2.37. The van der Waals surface area contributed by atoms with Crippen molar-refractivity contribution in [2.45, 2.75) is 52.6 Å². The highest BCUT2D eigenvalue weighted by molar-refractivity contribution is 9.10. The third-order valence-corrected chi connectivity index (χ3v) is 3.99. The molecule has 1 nitrogen and oxygen atoms in total. The van der Waals surface area contributed by atoms with Crippen LogP contribution in [0.2, 0.25) is 0 Å². The Balaban J connectivity index is 2.76. The summed E-state index contributed by atoms with van der Waals surface area (Å²) in [4.78, 5) is 0. The van der Waals surface area contributed by atoms with Crippen LogP contribution in [-0.2, 0) is 6.18 Å². The minimum Gasteiger partial charge on any atom is -0.384 e. The van der Waals surface area contributed by atoms with Crippen LogP contribution in [0.25, 0.3) is 0 Å². The summed E-state index contributed by atoms with van der Waals surface area (Å²) in [6, 6.07) is 4.02. The molecule has 5 heteroatoms. The average Bonchev–Trinajstić information content (AvgIpc) is 2.35. The number of nitrogens with one attached hydrogen (secondary N) is 1. The zero-order valence-corrected chi connectivity index (χ0v) is 14.4. The number of hydrogen-bond acceptors (Lipinski definition) is 1. The van der Waals surface area contributed by atoms with Gasteiger partial charge < -0.3 is 5.32 Å². The maximum atomic E-state index is 13.0.